The van der Waals surface area contributed by atoms with Crippen LogP contribution < -0.4 is 15.6 Å². The number of benzene rings is 2. The lowest BCUT2D eigenvalue weighted by molar-refractivity contribution is -0.928. The minimum absolute atomic E-state index is 0.0671. The summed E-state index contributed by atoms with van der Waals surface area (Å²) in [6.45, 7) is 6.55. The third kappa shape index (κ3) is 3.75. The van der Waals surface area contributed by atoms with Crippen LogP contribution in [0.3, 0.4) is 0 Å². The Morgan fingerprint density at radius 1 is 1.07 bits per heavy atom. The summed E-state index contributed by atoms with van der Waals surface area (Å²) in [4.78, 5) is 13.5. The zero-order valence-electron chi connectivity index (χ0n) is 15.5. The van der Waals surface area contributed by atoms with Gasteiger partial charge in [-0.1, -0.05) is 36.4 Å². The van der Waals surface area contributed by atoms with Crippen LogP contribution in [0.2, 0.25) is 0 Å². The lowest BCUT2D eigenvalue weighted by atomic mass is 10.0. The molecule has 3 aromatic rings. The van der Waals surface area contributed by atoms with Gasteiger partial charge in [-0.3, -0.25) is 0 Å². The van der Waals surface area contributed by atoms with Crippen molar-refractivity contribution in [2.75, 3.05) is 13.1 Å². The van der Waals surface area contributed by atoms with Crippen LogP contribution in [0.1, 0.15) is 19.4 Å². The highest BCUT2D eigenvalue weighted by Crippen LogP contribution is 2.32. The van der Waals surface area contributed by atoms with Crippen LogP contribution >= 0.6 is 0 Å². The van der Waals surface area contributed by atoms with Gasteiger partial charge in [0.15, 0.2) is 0 Å². The zero-order chi connectivity index (χ0) is 19.0. The molecule has 2 heterocycles. The Bertz CT molecular complexity index is 1000. The summed E-state index contributed by atoms with van der Waals surface area (Å²) < 4.78 is 11.2. The Morgan fingerprint density at radius 2 is 1.78 bits per heavy atom. The van der Waals surface area contributed by atoms with Gasteiger partial charge in [-0.15, -0.1) is 5.75 Å². The third-order valence-corrected chi connectivity index (χ3v) is 5.07. The first-order chi connectivity index (χ1) is 13.0. The second-order valence-electron chi connectivity index (χ2n) is 7.39. The zero-order valence-corrected chi connectivity index (χ0v) is 15.5. The molecule has 5 heteroatoms. The number of quaternary nitrogens is 1. The molecule has 0 bridgehead atoms. The highest BCUT2D eigenvalue weighted by atomic mass is 16.5. The maximum absolute atomic E-state index is 12.7. The molecule has 0 radical (unpaired) electrons. The van der Waals surface area contributed by atoms with Crippen LogP contribution in [0.15, 0.2) is 57.7 Å². The number of nitrogens with one attached hydrogen (secondary N) is 1. The lowest BCUT2D eigenvalue weighted by Gasteiger charge is -2.32. The summed E-state index contributed by atoms with van der Waals surface area (Å²) in [6, 6.07) is 14.2. The number of hydrogen-bond acceptors (Lipinski definition) is 4. The van der Waals surface area contributed by atoms with Gasteiger partial charge in [0.05, 0.1) is 0 Å². The van der Waals surface area contributed by atoms with E-state index in [1.807, 2.05) is 30.3 Å². The van der Waals surface area contributed by atoms with Crippen molar-refractivity contribution in [3.8, 4) is 16.9 Å². The average Bonchev–Trinajstić information content (AvgIpc) is 2.62. The van der Waals surface area contributed by atoms with Crippen molar-refractivity contribution in [2.45, 2.75) is 32.6 Å². The van der Waals surface area contributed by atoms with Gasteiger partial charge in [0, 0.05) is 17.0 Å². The maximum atomic E-state index is 12.7. The normalized spacial score (nSPS) is 22.8. The maximum Gasteiger partial charge on any atom is 0.336 e. The Labute approximate surface area is 157 Å². The van der Waals surface area contributed by atoms with E-state index in [0.717, 1.165) is 29.6 Å². The van der Waals surface area contributed by atoms with Crippen molar-refractivity contribution in [3.63, 3.8) is 0 Å². The largest absolute Gasteiger partial charge is 0.872 e. The van der Waals surface area contributed by atoms with Crippen LogP contribution in [0, 0.1) is 0 Å². The molecule has 0 spiro atoms. The van der Waals surface area contributed by atoms with E-state index >= 15 is 0 Å². The molecule has 1 fully saturated rings. The minimum atomic E-state index is -0.385. The first kappa shape index (κ1) is 17.8. The van der Waals surface area contributed by atoms with E-state index < -0.39 is 0 Å². The van der Waals surface area contributed by atoms with Crippen LogP contribution in [0.25, 0.3) is 22.1 Å². The van der Waals surface area contributed by atoms with Gasteiger partial charge in [0.25, 0.3) is 0 Å². The van der Waals surface area contributed by atoms with E-state index in [-0.39, 0.29) is 23.6 Å². The molecule has 0 saturated carbocycles. The summed E-state index contributed by atoms with van der Waals surface area (Å²) in [5, 5.41) is 13.4. The summed E-state index contributed by atoms with van der Waals surface area (Å²) in [6.07, 6.45) is 0.352. The molecule has 1 aromatic heterocycles. The van der Waals surface area contributed by atoms with Crippen LogP contribution in [0.4, 0.5) is 0 Å². The SMILES string of the molecule is CC1C[NH+](Cc2cc(=O)oc3cc(-c4ccccc4)c([O-])cc23)CC(C)O1. The second-order valence-corrected chi connectivity index (χ2v) is 7.39. The van der Waals surface area contributed by atoms with E-state index in [9.17, 15) is 9.90 Å². The highest BCUT2D eigenvalue weighted by Gasteiger charge is 2.26. The lowest BCUT2D eigenvalue weighted by Crippen LogP contribution is -3.14. The summed E-state index contributed by atoms with van der Waals surface area (Å²) in [5.41, 5.74) is 2.30. The van der Waals surface area contributed by atoms with Gasteiger partial charge in [-0.05, 0) is 31.0 Å². The Kier molecular flexibility index (Phi) is 4.72. The standard InChI is InChI=1S/C22H23NO4/c1-14-11-23(12-15(2)26-14)13-17-8-22(25)27-21-10-18(20(24)9-19(17)21)16-6-4-3-5-7-16/h3-10,14-15,24H,11-13H2,1-2H3. The molecule has 2 unspecified atom stereocenters. The van der Waals surface area contributed by atoms with E-state index in [2.05, 4.69) is 13.8 Å². The van der Waals surface area contributed by atoms with Gasteiger partial charge >= 0.3 is 5.63 Å². The van der Waals surface area contributed by atoms with Crippen molar-refractivity contribution >= 4 is 11.0 Å². The van der Waals surface area contributed by atoms with Crippen molar-refractivity contribution in [1.29, 1.82) is 0 Å². The molecule has 1 aliphatic heterocycles. The number of rotatable bonds is 3. The van der Waals surface area contributed by atoms with E-state index in [1.54, 1.807) is 12.1 Å². The molecular formula is C22H23NO4. The topological polar surface area (TPSA) is 66.9 Å². The molecule has 140 valence electrons. The van der Waals surface area contributed by atoms with Crippen LogP contribution in [0.5, 0.6) is 5.75 Å². The number of fused-ring (bicyclic) bond motifs is 1. The van der Waals surface area contributed by atoms with Crippen molar-refractivity contribution in [3.05, 3.63) is 64.5 Å². The van der Waals surface area contributed by atoms with E-state index in [4.69, 9.17) is 9.15 Å². The molecule has 4 rings (SSSR count). The summed E-state index contributed by atoms with van der Waals surface area (Å²) in [7, 11) is 0. The fourth-order valence-corrected chi connectivity index (χ4v) is 4.05. The van der Waals surface area contributed by atoms with Crippen molar-refractivity contribution in [1.82, 2.24) is 0 Å². The van der Waals surface area contributed by atoms with E-state index in [1.165, 1.54) is 11.0 Å². The van der Waals surface area contributed by atoms with Crippen LogP contribution in [-0.2, 0) is 11.3 Å². The first-order valence-corrected chi connectivity index (χ1v) is 9.32. The quantitative estimate of drug-likeness (QED) is 0.718. The second kappa shape index (κ2) is 7.18. The third-order valence-electron chi connectivity index (χ3n) is 5.07. The Morgan fingerprint density at radius 3 is 2.48 bits per heavy atom. The van der Waals surface area contributed by atoms with E-state index in [0.29, 0.717) is 17.7 Å². The van der Waals surface area contributed by atoms with Crippen molar-refractivity contribution in [2.24, 2.45) is 0 Å². The minimum Gasteiger partial charge on any atom is -0.872 e. The van der Waals surface area contributed by atoms with Gasteiger partial charge in [-0.25, -0.2) is 4.79 Å². The number of ether oxygens (including phenoxy) is 1. The molecule has 27 heavy (non-hydrogen) atoms. The summed E-state index contributed by atoms with van der Waals surface area (Å²) >= 11 is 0. The first-order valence-electron chi connectivity index (χ1n) is 9.32. The molecule has 1 N–H and O–H groups in total. The van der Waals surface area contributed by atoms with Gasteiger partial charge in [0.1, 0.15) is 37.4 Å². The smallest absolute Gasteiger partial charge is 0.336 e. The molecule has 5 nitrogen and oxygen atoms in total. The molecule has 1 aliphatic rings. The van der Waals surface area contributed by atoms with Gasteiger partial charge in [0.2, 0.25) is 0 Å². The van der Waals surface area contributed by atoms with Crippen LogP contribution in [-0.4, -0.2) is 25.3 Å². The fraction of sp³-hybridized carbons (Fsp3) is 0.318. The molecule has 2 aromatic carbocycles. The average molecular weight is 365 g/mol. The molecular weight excluding hydrogens is 342 g/mol. The molecule has 2 atom stereocenters. The molecule has 1 saturated heterocycles. The molecule has 0 amide bonds. The van der Waals surface area contributed by atoms with Gasteiger partial charge < -0.3 is 19.2 Å². The monoisotopic (exact) mass is 365 g/mol. The number of hydrogen-bond donors (Lipinski definition) is 1. The highest BCUT2D eigenvalue weighted by molar-refractivity contribution is 5.88. The predicted molar refractivity (Wildman–Crippen MR) is 102 cm³/mol. The predicted octanol–water partition coefficient (Wildman–Crippen LogP) is 1.73. The fourth-order valence-electron chi connectivity index (χ4n) is 4.05. The summed E-state index contributed by atoms with van der Waals surface area (Å²) in [5.74, 6) is -0.0671. The van der Waals surface area contributed by atoms with Crippen molar-refractivity contribution < 1.29 is 19.2 Å². The van der Waals surface area contributed by atoms with Gasteiger partial charge in [-0.2, -0.15) is 0 Å². The Hall–Kier alpha value is -2.63. The number of morpholine rings is 1. The Balaban J connectivity index is 1.76. The molecule has 0 aliphatic carbocycles.